The number of fused-ring (bicyclic) bond motifs is 2. The Kier molecular flexibility index (Phi) is 8.91. The number of nitrogens with zero attached hydrogens (tertiary/aromatic N) is 2. The van der Waals surface area contributed by atoms with Gasteiger partial charge in [-0.1, -0.05) is 13.8 Å². The first-order valence-electron chi connectivity index (χ1n) is 11.8. The van der Waals surface area contributed by atoms with Crippen LogP contribution in [0.3, 0.4) is 0 Å². The summed E-state index contributed by atoms with van der Waals surface area (Å²) in [5, 5.41) is 8.79. The highest BCUT2D eigenvalue weighted by Crippen LogP contribution is 2.33. The fourth-order valence-corrected chi connectivity index (χ4v) is 7.63. The van der Waals surface area contributed by atoms with Crippen molar-refractivity contribution in [3.63, 3.8) is 0 Å². The topological polar surface area (TPSA) is 138 Å². The van der Waals surface area contributed by atoms with Crippen LogP contribution < -0.4 is 0 Å². The van der Waals surface area contributed by atoms with E-state index in [4.69, 9.17) is 9.84 Å². The number of carboxylic acid groups (broad SMARTS) is 1. The number of aromatic carboxylic acids is 1. The van der Waals surface area contributed by atoms with Gasteiger partial charge in [-0.25, -0.2) is 35.2 Å². The molecule has 0 fully saturated rings. The number of carbonyl (C=O) groups is 2. The smallest absolute Gasteiger partial charge is 0.341 e. The van der Waals surface area contributed by atoms with Crippen LogP contribution in [0.25, 0.3) is 0 Å². The van der Waals surface area contributed by atoms with Crippen LogP contribution in [0.2, 0.25) is 0 Å². The van der Waals surface area contributed by atoms with Crippen molar-refractivity contribution in [2.24, 2.45) is 0 Å². The second-order valence-electron chi connectivity index (χ2n) is 8.58. The van der Waals surface area contributed by atoms with Gasteiger partial charge in [-0.15, -0.1) is 0 Å². The maximum absolute atomic E-state index is 13.9. The van der Waals surface area contributed by atoms with Gasteiger partial charge in [-0.2, -0.15) is 8.61 Å². The van der Waals surface area contributed by atoms with Crippen LogP contribution in [-0.2, 0) is 37.9 Å². The molecule has 0 amide bonds. The number of hydrogen-bond acceptors (Lipinski definition) is 7. The molecular formula is C24H28F2N2O8S2. The van der Waals surface area contributed by atoms with Crippen LogP contribution in [0.1, 0.15) is 65.5 Å². The van der Waals surface area contributed by atoms with Crippen molar-refractivity contribution in [2.75, 3.05) is 19.7 Å². The summed E-state index contributed by atoms with van der Waals surface area (Å²) in [4.78, 5) is 22.3. The van der Waals surface area contributed by atoms with Crippen LogP contribution >= 0.6 is 0 Å². The van der Waals surface area contributed by atoms with Crippen LogP contribution in [-0.4, -0.2) is 62.2 Å². The number of benzene rings is 2. The maximum atomic E-state index is 13.9. The molecule has 0 spiro atoms. The van der Waals surface area contributed by atoms with Crippen molar-refractivity contribution in [1.29, 1.82) is 0 Å². The molecule has 2 aromatic rings. The quantitative estimate of drug-likeness (QED) is 0.497. The number of ether oxygens (including phenoxy) is 1. The molecule has 0 radical (unpaired) electrons. The molecular weight excluding hydrogens is 546 g/mol. The van der Waals surface area contributed by atoms with Crippen LogP contribution in [0.15, 0.2) is 34.1 Å². The van der Waals surface area contributed by atoms with Crippen molar-refractivity contribution in [3.05, 3.63) is 58.2 Å². The van der Waals surface area contributed by atoms with E-state index < -0.39 is 49.2 Å². The molecule has 0 atom stereocenters. The van der Waals surface area contributed by atoms with E-state index in [-0.39, 0.29) is 35.1 Å². The van der Waals surface area contributed by atoms with E-state index in [2.05, 4.69) is 0 Å². The molecule has 0 aromatic heterocycles. The van der Waals surface area contributed by atoms with Gasteiger partial charge in [-0.3, -0.25) is 0 Å². The van der Waals surface area contributed by atoms with E-state index in [0.29, 0.717) is 37.1 Å². The Balaban J connectivity index is 0.000000212. The van der Waals surface area contributed by atoms with Crippen molar-refractivity contribution in [1.82, 2.24) is 8.61 Å². The Labute approximate surface area is 219 Å². The standard InChI is InChI=1S/C13H16FNO4S.C11H12FNO4S/c1-3-5-15-8-9-6-11(14)10(13(16)19-4-2)7-12(9)20(15,17)18;1-2-3-13-6-7-4-9(12)8(11(14)15)5-10(7)18(13,16)17/h6-7H,3-5,8H2,1-2H3;4-5H,2-3,6H2,1H3,(H,14,15). The van der Waals surface area contributed by atoms with Crippen molar-refractivity contribution < 1.29 is 45.0 Å². The summed E-state index contributed by atoms with van der Waals surface area (Å²) in [7, 11) is -7.32. The Morgan fingerprint density at radius 2 is 1.24 bits per heavy atom. The molecule has 2 aliphatic rings. The Morgan fingerprint density at radius 3 is 1.63 bits per heavy atom. The van der Waals surface area contributed by atoms with E-state index in [0.717, 1.165) is 24.3 Å². The first-order valence-corrected chi connectivity index (χ1v) is 14.7. The molecule has 0 bridgehead atoms. The SMILES string of the molecule is CCCN1Cc2cc(F)c(C(=O)O)cc2S1(=O)=O.CCCN1Cc2cc(F)c(C(=O)OCC)cc2S1(=O)=O. The molecule has 0 aliphatic carbocycles. The summed E-state index contributed by atoms with van der Waals surface area (Å²) in [6.07, 6.45) is 1.31. The largest absolute Gasteiger partial charge is 0.478 e. The van der Waals surface area contributed by atoms with Gasteiger partial charge in [-0.05, 0) is 55.2 Å². The Hall–Kier alpha value is -2.94. The van der Waals surface area contributed by atoms with Crippen molar-refractivity contribution in [3.8, 4) is 0 Å². The third kappa shape index (κ3) is 5.58. The highest BCUT2D eigenvalue weighted by Gasteiger charge is 2.37. The summed E-state index contributed by atoms with van der Waals surface area (Å²) in [6.45, 7) is 6.35. The highest BCUT2D eigenvalue weighted by molar-refractivity contribution is 7.89. The molecule has 208 valence electrons. The Bertz CT molecular complexity index is 1480. The van der Waals surface area contributed by atoms with Gasteiger partial charge in [0, 0.05) is 26.2 Å². The zero-order valence-electron chi connectivity index (χ0n) is 21.0. The number of rotatable bonds is 7. The summed E-state index contributed by atoms with van der Waals surface area (Å²) in [6, 6.07) is 4.08. The third-order valence-corrected chi connectivity index (χ3v) is 9.76. The molecule has 38 heavy (non-hydrogen) atoms. The van der Waals surface area contributed by atoms with Gasteiger partial charge in [0.1, 0.15) is 11.6 Å². The van der Waals surface area contributed by atoms with Crippen LogP contribution in [0.5, 0.6) is 0 Å². The normalized spacial score (nSPS) is 17.3. The zero-order valence-corrected chi connectivity index (χ0v) is 22.7. The first kappa shape index (κ1) is 29.6. The lowest BCUT2D eigenvalue weighted by Gasteiger charge is -2.12. The number of sulfonamides is 2. The van der Waals surface area contributed by atoms with Gasteiger partial charge in [0.15, 0.2) is 0 Å². The molecule has 1 N–H and O–H groups in total. The monoisotopic (exact) mass is 574 g/mol. The van der Waals surface area contributed by atoms with E-state index in [1.807, 2.05) is 13.8 Å². The fraction of sp³-hybridized carbons (Fsp3) is 0.417. The van der Waals surface area contributed by atoms with E-state index in [1.165, 1.54) is 8.61 Å². The predicted molar refractivity (Wildman–Crippen MR) is 131 cm³/mol. The summed E-state index contributed by atoms with van der Waals surface area (Å²) in [5.41, 5.74) is -0.266. The predicted octanol–water partition coefficient (Wildman–Crippen LogP) is 3.35. The van der Waals surface area contributed by atoms with E-state index >= 15 is 0 Å². The highest BCUT2D eigenvalue weighted by atomic mass is 32.2. The number of esters is 1. The molecule has 2 aliphatic heterocycles. The average Bonchev–Trinajstić information content (AvgIpc) is 3.21. The minimum Gasteiger partial charge on any atom is -0.478 e. The zero-order chi connectivity index (χ0) is 28.4. The molecule has 2 aromatic carbocycles. The molecule has 0 saturated carbocycles. The number of carbonyl (C=O) groups excluding carboxylic acids is 1. The van der Waals surface area contributed by atoms with Crippen molar-refractivity contribution >= 4 is 32.0 Å². The maximum Gasteiger partial charge on any atom is 0.341 e. The number of halogens is 2. The molecule has 4 rings (SSSR count). The lowest BCUT2D eigenvalue weighted by Crippen LogP contribution is -2.25. The van der Waals surface area contributed by atoms with Gasteiger partial charge in [0.05, 0.1) is 27.5 Å². The number of hydrogen-bond donors (Lipinski definition) is 1. The molecule has 0 saturated heterocycles. The average molecular weight is 575 g/mol. The number of carboxylic acids is 1. The summed E-state index contributed by atoms with van der Waals surface area (Å²) >= 11 is 0. The van der Waals surface area contributed by atoms with E-state index in [9.17, 15) is 35.2 Å². The van der Waals surface area contributed by atoms with Gasteiger partial charge in [0.25, 0.3) is 0 Å². The molecule has 14 heteroatoms. The van der Waals surface area contributed by atoms with Crippen LogP contribution in [0.4, 0.5) is 8.78 Å². The third-order valence-electron chi connectivity index (χ3n) is 5.90. The van der Waals surface area contributed by atoms with Crippen molar-refractivity contribution in [2.45, 2.75) is 56.5 Å². The molecule has 10 nitrogen and oxygen atoms in total. The Morgan fingerprint density at radius 1 is 0.816 bits per heavy atom. The first-order chi connectivity index (χ1) is 17.8. The van der Waals surface area contributed by atoms with E-state index in [1.54, 1.807) is 6.92 Å². The second kappa shape index (κ2) is 11.4. The second-order valence-corrected chi connectivity index (χ2v) is 12.4. The minimum absolute atomic E-state index is 0.00426. The minimum atomic E-state index is -3.68. The fourth-order valence-electron chi connectivity index (χ4n) is 4.17. The molecule has 0 unspecified atom stereocenters. The summed E-state index contributed by atoms with van der Waals surface area (Å²) < 4.78 is 83.2. The van der Waals surface area contributed by atoms with Gasteiger partial charge < -0.3 is 9.84 Å². The lowest BCUT2D eigenvalue weighted by molar-refractivity contribution is 0.0520. The van der Waals surface area contributed by atoms with Crippen LogP contribution in [0, 0.1) is 11.6 Å². The summed E-state index contributed by atoms with van der Waals surface area (Å²) in [5.74, 6) is -3.98. The van der Waals surface area contributed by atoms with Gasteiger partial charge >= 0.3 is 11.9 Å². The van der Waals surface area contributed by atoms with Gasteiger partial charge in [0.2, 0.25) is 20.0 Å². The lowest BCUT2D eigenvalue weighted by atomic mass is 10.1. The molecule has 2 heterocycles.